The molecular formula is C7H11NO2S. The summed E-state index contributed by atoms with van der Waals surface area (Å²) in [6, 6.07) is 0. The van der Waals surface area contributed by atoms with Gasteiger partial charge in [0.2, 0.25) is 0 Å². The Bertz CT molecular complexity index is 184. The summed E-state index contributed by atoms with van der Waals surface area (Å²) in [5.41, 5.74) is 2.70. The lowest BCUT2D eigenvalue weighted by Gasteiger charge is -2.07. The molecule has 0 unspecified atom stereocenters. The molecule has 11 heavy (non-hydrogen) atoms. The van der Waals surface area contributed by atoms with Gasteiger partial charge in [0.25, 0.3) is 0 Å². The van der Waals surface area contributed by atoms with Crippen LogP contribution < -0.4 is 0 Å². The van der Waals surface area contributed by atoms with E-state index in [9.17, 15) is 0 Å². The van der Waals surface area contributed by atoms with Crippen LogP contribution in [0.1, 0.15) is 5.69 Å². The van der Waals surface area contributed by atoms with Crippen molar-refractivity contribution in [2.24, 2.45) is 5.92 Å². The van der Waals surface area contributed by atoms with Gasteiger partial charge in [-0.1, -0.05) is 0 Å². The number of aliphatic hydroxyl groups is 2. The van der Waals surface area contributed by atoms with E-state index >= 15 is 0 Å². The van der Waals surface area contributed by atoms with Crippen molar-refractivity contribution in [1.29, 1.82) is 0 Å². The fourth-order valence-electron chi connectivity index (χ4n) is 0.821. The Morgan fingerprint density at radius 1 is 1.45 bits per heavy atom. The molecule has 3 nitrogen and oxygen atoms in total. The third-order valence-corrected chi connectivity index (χ3v) is 2.13. The van der Waals surface area contributed by atoms with Gasteiger partial charge in [-0.05, 0) is 6.42 Å². The molecular weight excluding hydrogens is 162 g/mol. The molecule has 4 heteroatoms. The molecule has 0 spiro atoms. The molecule has 1 heterocycles. The summed E-state index contributed by atoms with van der Waals surface area (Å²) < 4.78 is 0. The average Bonchev–Trinajstić information content (AvgIpc) is 2.52. The third-order valence-electron chi connectivity index (χ3n) is 1.50. The molecule has 0 radical (unpaired) electrons. The van der Waals surface area contributed by atoms with Crippen molar-refractivity contribution in [1.82, 2.24) is 4.98 Å². The molecule has 0 amide bonds. The molecule has 1 aromatic rings. The van der Waals surface area contributed by atoms with Gasteiger partial charge in [0.1, 0.15) is 0 Å². The Hall–Kier alpha value is -0.450. The minimum atomic E-state index is -0.0582. The minimum Gasteiger partial charge on any atom is -0.396 e. The minimum absolute atomic E-state index is 0.0219. The Balaban J connectivity index is 2.41. The van der Waals surface area contributed by atoms with Crippen LogP contribution in [-0.4, -0.2) is 28.4 Å². The molecule has 0 aliphatic rings. The summed E-state index contributed by atoms with van der Waals surface area (Å²) in [4.78, 5) is 4.05. The first-order valence-corrected chi connectivity index (χ1v) is 4.40. The van der Waals surface area contributed by atoms with E-state index in [-0.39, 0.29) is 19.1 Å². The highest BCUT2D eigenvalue weighted by Gasteiger charge is 2.07. The van der Waals surface area contributed by atoms with Gasteiger partial charge in [-0.2, -0.15) is 0 Å². The standard InChI is InChI=1S/C7H11NO2S/c9-2-6(3-10)1-7-4-11-5-8-7/h4-6,9-10H,1-3H2. The molecule has 2 N–H and O–H groups in total. The second kappa shape index (κ2) is 4.43. The van der Waals surface area contributed by atoms with Crippen LogP contribution in [0.25, 0.3) is 0 Å². The van der Waals surface area contributed by atoms with Gasteiger partial charge in [-0.15, -0.1) is 11.3 Å². The summed E-state index contributed by atoms with van der Waals surface area (Å²) >= 11 is 1.53. The van der Waals surface area contributed by atoms with Crippen molar-refractivity contribution in [3.05, 3.63) is 16.6 Å². The summed E-state index contributed by atoms with van der Waals surface area (Å²) in [7, 11) is 0. The van der Waals surface area contributed by atoms with E-state index in [0.29, 0.717) is 6.42 Å². The zero-order valence-electron chi connectivity index (χ0n) is 6.10. The van der Waals surface area contributed by atoms with Crippen LogP contribution in [-0.2, 0) is 6.42 Å². The van der Waals surface area contributed by atoms with Crippen LogP contribution in [0.4, 0.5) is 0 Å². The van der Waals surface area contributed by atoms with E-state index in [1.807, 2.05) is 5.38 Å². The lowest BCUT2D eigenvalue weighted by molar-refractivity contribution is 0.149. The molecule has 0 saturated heterocycles. The highest BCUT2D eigenvalue weighted by molar-refractivity contribution is 7.07. The maximum absolute atomic E-state index is 8.74. The third kappa shape index (κ3) is 2.57. The van der Waals surface area contributed by atoms with Crippen molar-refractivity contribution < 1.29 is 10.2 Å². The largest absolute Gasteiger partial charge is 0.396 e. The van der Waals surface area contributed by atoms with Gasteiger partial charge in [0.15, 0.2) is 0 Å². The predicted octanol–water partition coefficient (Wildman–Crippen LogP) is 0.286. The lowest BCUT2D eigenvalue weighted by atomic mass is 10.1. The fraction of sp³-hybridized carbons (Fsp3) is 0.571. The number of aromatic nitrogens is 1. The van der Waals surface area contributed by atoms with Crippen molar-refractivity contribution in [3.8, 4) is 0 Å². The van der Waals surface area contributed by atoms with Crippen molar-refractivity contribution in [3.63, 3.8) is 0 Å². The molecule has 0 saturated carbocycles. The first kappa shape index (κ1) is 8.64. The summed E-state index contributed by atoms with van der Waals surface area (Å²) in [5.74, 6) is -0.0582. The molecule has 0 fully saturated rings. The Morgan fingerprint density at radius 3 is 2.64 bits per heavy atom. The quantitative estimate of drug-likeness (QED) is 0.688. The van der Waals surface area contributed by atoms with Crippen LogP contribution in [0.5, 0.6) is 0 Å². The van der Waals surface area contributed by atoms with Crippen LogP contribution in [0.2, 0.25) is 0 Å². The first-order chi connectivity index (χ1) is 5.36. The van der Waals surface area contributed by atoms with Gasteiger partial charge in [-0.25, -0.2) is 4.98 Å². The molecule has 0 aromatic carbocycles. The molecule has 1 aromatic heterocycles. The van der Waals surface area contributed by atoms with E-state index in [1.54, 1.807) is 5.51 Å². The molecule has 0 atom stereocenters. The normalized spacial score (nSPS) is 10.8. The van der Waals surface area contributed by atoms with Gasteiger partial charge in [0, 0.05) is 24.5 Å². The maximum Gasteiger partial charge on any atom is 0.0794 e. The highest BCUT2D eigenvalue weighted by atomic mass is 32.1. The number of hydrogen-bond donors (Lipinski definition) is 2. The number of rotatable bonds is 4. The smallest absolute Gasteiger partial charge is 0.0794 e. The number of thiazole rings is 1. The molecule has 0 aliphatic carbocycles. The summed E-state index contributed by atoms with van der Waals surface area (Å²) in [5, 5.41) is 19.4. The van der Waals surface area contributed by atoms with E-state index < -0.39 is 0 Å². The Kier molecular flexibility index (Phi) is 3.48. The topological polar surface area (TPSA) is 53.4 Å². The summed E-state index contributed by atoms with van der Waals surface area (Å²) in [6.45, 7) is 0.0437. The predicted molar refractivity (Wildman–Crippen MR) is 43.5 cm³/mol. The second-order valence-corrected chi connectivity index (χ2v) is 3.13. The van der Waals surface area contributed by atoms with E-state index in [1.165, 1.54) is 11.3 Å². The summed E-state index contributed by atoms with van der Waals surface area (Å²) in [6.07, 6.45) is 0.663. The van der Waals surface area contributed by atoms with Crippen LogP contribution >= 0.6 is 11.3 Å². The Morgan fingerprint density at radius 2 is 2.18 bits per heavy atom. The average molecular weight is 173 g/mol. The number of hydrogen-bond acceptors (Lipinski definition) is 4. The van der Waals surface area contributed by atoms with E-state index in [2.05, 4.69) is 4.98 Å². The Labute approximate surface area is 69.3 Å². The molecule has 0 aliphatic heterocycles. The maximum atomic E-state index is 8.74. The molecule has 62 valence electrons. The van der Waals surface area contributed by atoms with Crippen molar-refractivity contribution in [2.75, 3.05) is 13.2 Å². The van der Waals surface area contributed by atoms with Gasteiger partial charge >= 0.3 is 0 Å². The zero-order chi connectivity index (χ0) is 8.10. The van der Waals surface area contributed by atoms with Crippen molar-refractivity contribution in [2.45, 2.75) is 6.42 Å². The van der Waals surface area contributed by atoms with Gasteiger partial charge in [-0.3, -0.25) is 0 Å². The lowest BCUT2D eigenvalue weighted by Crippen LogP contribution is -2.13. The first-order valence-electron chi connectivity index (χ1n) is 3.45. The second-order valence-electron chi connectivity index (χ2n) is 2.42. The number of nitrogens with zero attached hydrogens (tertiary/aromatic N) is 1. The SMILES string of the molecule is OCC(CO)Cc1cscn1. The van der Waals surface area contributed by atoms with Gasteiger partial charge < -0.3 is 10.2 Å². The molecule has 1 rings (SSSR count). The number of aliphatic hydroxyl groups excluding tert-OH is 2. The van der Waals surface area contributed by atoms with Crippen molar-refractivity contribution >= 4 is 11.3 Å². The zero-order valence-corrected chi connectivity index (χ0v) is 6.92. The van der Waals surface area contributed by atoms with Crippen LogP contribution in [0, 0.1) is 5.92 Å². The van der Waals surface area contributed by atoms with Crippen LogP contribution in [0.15, 0.2) is 10.9 Å². The highest BCUT2D eigenvalue weighted by Crippen LogP contribution is 2.07. The van der Waals surface area contributed by atoms with E-state index in [0.717, 1.165) is 5.69 Å². The van der Waals surface area contributed by atoms with E-state index in [4.69, 9.17) is 10.2 Å². The van der Waals surface area contributed by atoms with Crippen LogP contribution in [0.3, 0.4) is 0 Å². The fourth-order valence-corrected chi connectivity index (χ4v) is 1.39. The monoisotopic (exact) mass is 173 g/mol. The molecule has 0 bridgehead atoms. The van der Waals surface area contributed by atoms with Gasteiger partial charge in [0.05, 0.1) is 11.2 Å².